The fraction of sp³-hybridized carbons (Fsp3) is 0.423. The quantitative estimate of drug-likeness (QED) is 0.456. The van der Waals surface area contributed by atoms with E-state index >= 15 is 0 Å². The van der Waals surface area contributed by atoms with Crippen LogP contribution in [0, 0.1) is 11.8 Å². The first-order chi connectivity index (χ1) is 17.7. The third-order valence-electron chi connectivity index (χ3n) is 6.58. The van der Waals surface area contributed by atoms with Crippen molar-refractivity contribution in [3.05, 3.63) is 47.4 Å². The predicted octanol–water partition coefficient (Wildman–Crippen LogP) is 3.89. The molecule has 0 spiro atoms. The Hall–Kier alpha value is -3.50. The molecule has 3 aromatic heterocycles. The molecule has 2 N–H and O–H groups in total. The van der Waals surface area contributed by atoms with Crippen LogP contribution in [0.5, 0.6) is 0 Å². The second-order valence-corrected chi connectivity index (χ2v) is 10.0. The van der Waals surface area contributed by atoms with Crippen LogP contribution in [0.4, 0.5) is 11.5 Å². The second-order valence-electron chi connectivity index (χ2n) is 9.57. The van der Waals surface area contributed by atoms with E-state index in [0.29, 0.717) is 54.2 Å². The largest absolute Gasteiger partial charge is 0.447 e. The van der Waals surface area contributed by atoms with E-state index < -0.39 is 5.91 Å². The van der Waals surface area contributed by atoms with E-state index in [1.54, 1.807) is 35.4 Å². The fourth-order valence-electron chi connectivity index (χ4n) is 4.43. The lowest BCUT2D eigenvalue weighted by atomic mass is 9.81. The molecule has 0 bridgehead atoms. The van der Waals surface area contributed by atoms with Crippen LogP contribution in [0.1, 0.15) is 36.2 Å². The molecule has 3 amide bonds. The first kappa shape index (κ1) is 26.6. The van der Waals surface area contributed by atoms with E-state index in [1.165, 1.54) is 6.20 Å². The Bertz CT molecular complexity index is 1270. The van der Waals surface area contributed by atoms with Crippen molar-refractivity contribution in [2.75, 3.05) is 44.9 Å². The molecule has 0 unspecified atom stereocenters. The number of nitrogens with one attached hydrogen (secondary N) is 2. The average Bonchev–Trinajstić information content (AvgIpc) is 3.26. The molecule has 10 nitrogen and oxygen atoms in total. The minimum Gasteiger partial charge on any atom is -0.447 e. The highest BCUT2D eigenvalue weighted by molar-refractivity contribution is 6.30. The topological polar surface area (TPSA) is 121 Å². The molecule has 1 aliphatic rings. The summed E-state index contributed by atoms with van der Waals surface area (Å²) in [5, 5.41) is 5.98. The highest BCUT2D eigenvalue weighted by atomic mass is 35.5. The van der Waals surface area contributed by atoms with Gasteiger partial charge in [0.15, 0.2) is 5.58 Å². The molecule has 1 saturated carbocycles. The van der Waals surface area contributed by atoms with E-state index in [-0.39, 0.29) is 35.1 Å². The first-order valence-corrected chi connectivity index (χ1v) is 12.6. The number of hydrogen-bond donors (Lipinski definition) is 2. The number of rotatable bonds is 8. The maximum atomic E-state index is 13.2. The molecule has 0 aromatic carbocycles. The number of hydrogen-bond acceptors (Lipinski definition) is 7. The SMILES string of the molecule is CN(C)CCN(C)C(=O)[C@H]1CC[C@H](C(=O)Nc2c(C(=O)Nc3ccc(Cl)cn3)oc3cccnc23)CC1. The number of furan rings is 1. The minimum absolute atomic E-state index is 0.0646. The number of nitrogens with zero attached hydrogens (tertiary/aromatic N) is 4. The summed E-state index contributed by atoms with van der Waals surface area (Å²) < 4.78 is 5.76. The standard InChI is InChI=1S/C26H31ClN6O4/c1-32(2)13-14-33(3)26(36)17-8-6-16(7-9-17)24(34)31-22-21-19(5-4-12-28-21)37-23(22)25(35)30-20-11-10-18(27)15-29-20/h4-5,10-12,15-17H,6-9,13-14H2,1-3H3,(H,31,34)(H,29,30,35)/t16-,17-. The number of amides is 3. The van der Waals surface area contributed by atoms with Gasteiger partial charge in [-0.15, -0.1) is 0 Å². The van der Waals surface area contributed by atoms with Crippen LogP contribution < -0.4 is 10.6 Å². The summed E-state index contributed by atoms with van der Waals surface area (Å²) in [6.45, 7) is 1.47. The van der Waals surface area contributed by atoms with E-state index in [2.05, 4.69) is 20.6 Å². The molecule has 0 saturated heterocycles. The lowest BCUT2D eigenvalue weighted by Crippen LogP contribution is -2.39. The molecular weight excluding hydrogens is 496 g/mol. The molecule has 1 fully saturated rings. The number of carbonyl (C=O) groups is 3. The van der Waals surface area contributed by atoms with Gasteiger partial charge >= 0.3 is 0 Å². The van der Waals surface area contributed by atoms with Crippen molar-refractivity contribution in [2.45, 2.75) is 25.7 Å². The first-order valence-electron chi connectivity index (χ1n) is 12.2. The van der Waals surface area contributed by atoms with Gasteiger partial charge in [0.05, 0.1) is 5.02 Å². The maximum absolute atomic E-state index is 13.2. The van der Waals surface area contributed by atoms with Crippen LogP contribution >= 0.6 is 11.6 Å². The third kappa shape index (κ3) is 6.44. The molecule has 1 aliphatic carbocycles. The Morgan fingerprint density at radius 3 is 2.41 bits per heavy atom. The molecular formula is C26H31ClN6O4. The number of aromatic nitrogens is 2. The van der Waals surface area contributed by atoms with Gasteiger partial charge in [-0.2, -0.15) is 0 Å². The van der Waals surface area contributed by atoms with Gasteiger partial charge in [-0.05, 0) is 64.0 Å². The monoisotopic (exact) mass is 526 g/mol. The molecule has 4 rings (SSSR count). The Balaban J connectivity index is 1.43. The zero-order valence-electron chi connectivity index (χ0n) is 21.2. The van der Waals surface area contributed by atoms with Gasteiger partial charge in [-0.1, -0.05) is 11.6 Å². The Morgan fingerprint density at radius 2 is 1.73 bits per heavy atom. The van der Waals surface area contributed by atoms with Crippen LogP contribution in [-0.2, 0) is 9.59 Å². The van der Waals surface area contributed by atoms with E-state index in [1.807, 2.05) is 26.0 Å². The second kappa shape index (κ2) is 11.7. The van der Waals surface area contributed by atoms with Crippen molar-refractivity contribution in [1.29, 1.82) is 0 Å². The smallest absolute Gasteiger partial charge is 0.294 e. The van der Waals surface area contributed by atoms with Crippen LogP contribution in [0.25, 0.3) is 11.1 Å². The van der Waals surface area contributed by atoms with Gasteiger partial charge in [0.2, 0.25) is 17.6 Å². The molecule has 3 heterocycles. The lowest BCUT2D eigenvalue weighted by molar-refractivity contribution is -0.136. The molecule has 0 atom stereocenters. The zero-order valence-corrected chi connectivity index (χ0v) is 21.9. The van der Waals surface area contributed by atoms with Crippen LogP contribution in [0.15, 0.2) is 41.1 Å². The Kier molecular flexibility index (Phi) is 8.40. The molecule has 11 heteroatoms. The third-order valence-corrected chi connectivity index (χ3v) is 6.80. The summed E-state index contributed by atoms with van der Waals surface area (Å²) in [5.41, 5.74) is 0.979. The van der Waals surface area contributed by atoms with Gasteiger partial charge in [0.25, 0.3) is 5.91 Å². The van der Waals surface area contributed by atoms with Crippen molar-refractivity contribution in [3.8, 4) is 0 Å². The number of pyridine rings is 2. The highest BCUT2D eigenvalue weighted by Gasteiger charge is 2.33. The summed E-state index contributed by atoms with van der Waals surface area (Å²) in [5.74, 6) is -0.805. The number of fused-ring (bicyclic) bond motifs is 1. The van der Waals surface area contributed by atoms with Crippen molar-refractivity contribution >= 4 is 51.9 Å². The summed E-state index contributed by atoms with van der Waals surface area (Å²) in [6.07, 6.45) is 5.44. The molecule has 37 heavy (non-hydrogen) atoms. The average molecular weight is 527 g/mol. The number of anilines is 2. The van der Waals surface area contributed by atoms with Gasteiger partial charge in [-0.25, -0.2) is 4.98 Å². The summed E-state index contributed by atoms with van der Waals surface area (Å²) >= 11 is 5.87. The normalized spacial score (nSPS) is 17.5. The van der Waals surface area contributed by atoms with E-state index in [4.69, 9.17) is 16.0 Å². The summed E-state index contributed by atoms with van der Waals surface area (Å²) in [4.78, 5) is 51.3. The highest BCUT2D eigenvalue weighted by Crippen LogP contribution is 2.34. The minimum atomic E-state index is -0.571. The van der Waals surface area contributed by atoms with Gasteiger partial charge in [0, 0.05) is 44.4 Å². The Labute approximate surface area is 220 Å². The maximum Gasteiger partial charge on any atom is 0.294 e. The number of carbonyl (C=O) groups excluding carboxylic acids is 3. The van der Waals surface area contributed by atoms with Crippen molar-refractivity contribution < 1.29 is 18.8 Å². The molecule has 0 aliphatic heterocycles. The fourth-order valence-corrected chi connectivity index (χ4v) is 4.54. The number of halogens is 1. The van der Waals surface area contributed by atoms with E-state index in [9.17, 15) is 14.4 Å². The van der Waals surface area contributed by atoms with Gasteiger partial charge < -0.3 is 24.9 Å². The lowest BCUT2D eigenvalue weighted by Gasteiger charge is -2.30. The molecule has 196 valence electrons. The number of likely N-dealkylation sites (N-methyl/N-ethyl adjacent to an activating group) is 2. The molecule has 0 radical (unpaired) electrons. The van der Waals surface area contributed by atoms with Crippen molar-refractivity contribution in [3.63, 3.8) is 0 Å². The summed E-state index contributed by atoms with van der Waals surface area (Å²) in [6, 6.07) is 6.54. The van der Waals surface area contributed by atoms with Crippen molar-refractivity contribution in [2.24, 2.45) is 11.8 Å². The van der Waals surface area contributed by atoms with Crippen LogP contribution in [0.3, 0.4) is 0 Å². The van der Waals surface area contributed by atoms with Crippen LogP contribution in [0.2, 0.25) is 5.02 Å². The summed E-state index contributed by atoms with van der Waals surface area (Å²) in [7, 11) is 5.78. The van der Waals surface area contributed by atoms with Crippen LogP contribution in [-0.4, -0.2) is 71.7 Å². The van der Waals surface area contributed by atoms with Gasteiger partial charge in [0.1, 0.15) is 17.0 Å². The zero-order chi connectivity index (χ0) is 26.5. The predicted molar refractivity (Wildman–Crippen MR) is 141 cm³/mol. The van der Waals surface area contributed by atoms with E-state index in [0.717, 1.165) is 6.54 Å². The van der Waals surface area contributed by atoms with Gasteiger partial charge in [-0.3, -0.25) is 19.4 Å². The molecule has 3 aromatic rings. The Morgan fingerprint density at radius 1 is 1.00 bits per heavy atom. The van der Waals surface area contributed by atoms with Crippen molar-refractivity contribution in [1.82, 2.24) is 19.8 Å².